The van der Waals surface area contributed by atoms with Crippen molar-refractivity contribution in [2.75, 3.05) is 11.9 Å². The third-order valence-electron chi connectivity index (χ3n) is 7.42. The number of hydrogen-bond donors (Lipinski definition) is 2. The number of carbonyl (C=O) groups is 1. The van der Waals surface area contributed by atoms with Crippen LogP contribution < -0.4 is 10.0 Å². The number of nitrogens with one attached hydrogen (secondary N) is 2. The lowest BCUT2D eigenvalue weighted by Crippen LogP contribution is -2.45. The van der Waals surface area contributed by atoms with Gasteiger partial charge in [0, 0.05) is 17.6 Å². The maximum atomic E-state index is 12.8. The topological polar surface area (TPSA) is 113 Å². The Labute approximate surface area is 195 Å². The van der Waals surface area contributed by atoms with Crippen LogP contribution in [0.3, 0.4) is 0 Å². The van der Waals surface area contributed by atoms with Gasteiger partial charge in [0.25, 0.3) is 10.0 Å². The molecule has 1 aromatic rings. The number of fused-ring (bicyclic) bond motifs is 2. The minimum Gasteiger partial charge on any atom is -0.307 e. The zero-order valence-corrected chi connectivity index (χ0v) is 20.5. The molecule has 0 aromatic heterocycles. The molecule has 3 aliphatic carbocycles. The van der Waals surface area contributed by atoms with Crippen LogP contribution in [0.15, 0.2) is 17.6 Å². The lowest BCUT2D eigenvalue weighted by molar-refractivity contribution is 0.256. The van der Waals surface area contributed by atoms with Gasteiger partial charge < -0.3 is 5.32 Å². The average molecular weight is 494 g/mol. The highest BCUT2D eigenvalue weighted by molar-refractivity contribution is 7.93. The van der Waals surface area contributed by atoms with Crippen LogP contribution in [0.5, 0.6) is 0 Å². The fourth-order valence-corrected chi connectivity index (χ4v) is 8.66. The van der Waals surface area contributed by atoms with Crippen molar-refractivity contribution in [1.29, 1.82) is 0 Å². The quantitative estimate of drug-likeness (QED) is 0.633. The maximum absolute atomic E-state index is 12.8. The number of anilines is 1. The Morgan fingerprint density at radius 3 is 2.27 bits per heavy atom. The van der Waals surface area contributed by atoms with Crippen LogP contribution in [0.25, 0.3) is 0 Å². The van der Waals surface area contributed by atoms with Crippen molar-refractivity contribution >= 4 is 31.8 Å². The molecule has 1 atom stereocenters. The number of benzene rings is 1. The second kappa shape index (κ2) is 8.09. The van der Waals surface area contributed by atoms with E-state index in [-0.39, 0.29) is 5.25 Å². The second-order valence-electron chi connectivity index (χ2n) is 9.92. The van der Waals surface area contributed by atoms with E-state index in [9.17, 15) is 21.6 Å². The molecule has 33 heavy (non-hydrogen) atoms. The van der Waals surface area contributed by atoms with Gasteiger partial charge in [0.2, 0.25) is 10.0 Å². The summed E-state index contributed by atoms with van der Waals surface area (Å²) in [5.74, 6) is 0. The molecule has 2 amide bonds. The summed E-state index contributed by atoms with van der Waals surface area (Å²) in [6.45, 7) is 2.13. The molecule has 1 saturated carbocycles. The van der Waals surface area contributed by atoms with Gasteiger partial charge in [-0.3, -0.25) is 0 Å². The number of sulfonamides is 2. The highest BCUT2D eigenvalue weighted by Crippen LogP contribution is 2.40. The molecule has 2 N–H and O–H groups in total. The first-order chi connectivity index (χ1) is 15.6. The summed E-state index contributed by atoms with van der Waals surface area (Å²) >= 11 is 0. The molecule has 180 valence electrons. The number of aryl methyl sites for hydroxylation is 2. The minimum atomic E-state index is -4.09. The fourth-order valence-electron chi connectivity index (χ4n) is 5.60. The summed E-state index contributed by atoms with van der Waals surface area (Å²) in [4.78, 5) is 12.7. The molecule has 2 fully saturated rings. The van der Waals surface area contributed by atoms with Crippen molar-refractivity contribution in [2.45, 2.75) is 81.9 Å². The van der Waals surface area contributed by atoms with Crippen LogP contribution in [0.2, 0.25) is 0 Å². The number of carbonyl (C=O) groups excluding carboxylic acids is 1. The Balaban J connectivity index is 1.31. The summed E-state index contributed by atoms with van der Waals surface area (Å²) in [5.41, 5.74) is 4.61. The first-order valence-corrected chi connectivity index (χ1v) is 14.9. The Hall–Kier alpha value is -1.91. The maximum Gasteiger partial charge on any atom is 0.333 e. The van der Waals surface area contributed by atoms with E-state index in [4.69, 9.17) is 0 Å². The summed E-state index contributed by atoms with van der Waals surface area (Å²) in [7, 11) is -7.52. The molecule has 1 saturated heterocycles. The Kier molecular flexibility index (Phi) is 5.61. The zero-order chi connectivity index (χ0) is 23.4. The smallest absolute Gasteiger partial charge is 0.307 e. The molecular weight excluding hydrogens is 462 g/mol. The van der Waals surface area contributed by atoms with Crippen molar-refractivity contribution in [2.24, 2.45) is 0 Å². The number of nitrogens with zero attached hydrogens (tertiary/aromatic N) is 1. The highest BCUT2D eigenvalue weighted by atomic mass is 32.2. The first-order valence-electron chi connectivity index (χ1n) is 11.8. The molecule has 0 radical (unpaired) electrons. The fraction of sp³-hybridized carbons (Fsp3) is 0.609. The van der Waals surface area contributed by atoms with E-state index in [0.29, 0.717) is 32.2 Å². The van der Waals surface area contributed by atoms with Crippen molar-refractivity contribution in [1.82, 2.24) is 9.03 Å². The van der Waals surface area contributed by atoms with Gasteiger partial charge in [-0.25, -0.2) is 26.4 Å². The predicted octanol–water partition coefficient (Wildman–Crippen LogP) is 2.98. The summed E-state index contributed by atoms with van der Waals surface area (Å²) in [5, 5.41) is 3.41. The molecule has 0 bridgehead atoms. The molecule has 4 aliphatic rings. The molecule has 0 spiro atoms. The summed E-state index contributed by atoms with van der Waals surface area (Å²) in [6.07, 6.45) is 9.75. The number of amides is 2. The zero-order valence-electron chi connectivity index (χ0n) is 18.9. The van der Waals surface area contributed by atoms with Crippen LogP contribution in [0, 0.1) is 0 Å². The normalized spacial score (nSPS) is 25.4. The van der Waals surface area contributed by atoms with E-state index < -0.39 is 31.6 Å². The monoisotopic (exact) mass is 493 g/mol. The van der Waals surface area contributed by atoms with E-state index >= 15 is 0 Å². The highest BCUT2D eigenvalue weighted by Gasteiger charge is 2.48. The first kappa shape index (κ1) is 22.9. The van der Waals surface area contributed by atoms with E-state index in [2.05, 4.69) is 16.1 Å². The molecule has 10 heteroatoms. The van der Waals surface area contributed by atoms with E-state index in [0.717, 1.165) is 60.7 Å². The van der Waals surface area contributed by atoms with Crippen LogP contribution in [-0.4, -0.2) is 44.5 Å². The molecule has 1 unspecified atom stereocenters. The second-order valence-corrected chi connectivity index (χ2v) is 13.6. The Morgan fingerprint density at radius 1 is 1.03 bits per heavy atom. The van der Waals surface area contributed by atoms with Gasteiger partial charge in [-0.05, 0) is 93.4 Å². The van der Waals surface area contributed by atoms with Gasteiger partial charge in [-0.15, -0.1) is 0 Å². The average Bonchev–Trinajstić information content (AvgIpc) is 3.15. The molecule has 1 heterocycles. The van der Waals surface area contributed by atoms with E-state index in [1.807, 2.05) is 0 Å². The third-order valence-corrected chi connectivity index (χ3v) is 10.9. The van der Waals surface area contributed by atoms with Gasteiger partial charge in [0.15, 0.2) is 0 Å². The van der Waals surface area contributed by atoms with Crippen molar-refractivity contribution in [3.63, 3.8) is 0 Å². The number of rotatable bonds is 6. The SMILES string of the molecule is CC1(/C=C/S(=O)(=O)NC(=O)Nc2c3c(cc4c2CCC4)CCC3)CCCN1S(=O)(=O)C1CC1. The predicted molar refractivity (Wildman–Crippen MR) is 127 cm³/mol. The van der Waals surface area contributed by atoms with Gasteiger partial charge in [-0.1, -0.05) is 12.1 Å². The lowest BCUT2D eigenvalue weighted by Gasteiger charge is -2.31. The standard InChI is InChI=1S/C23H31N3O5S2/c1-23(11-4-13-26(23)33(30,31)18-9-10-18)12-14-32(28,29)25-22(27)24-21-19-7-2-5-16(19)15-17-6-3-8-20(17)21/h12,14-15,18H,2-11,13H2,1H3,(H2,24,25,27)/b14-12+. The largest absolute Gasteiger partial charge is 0.333 e. The van der Waals surface area contributed by atoms with Crippen molar-refractivity contribution in [3.05, 3.63) is 39.8 Å². The van der Waals surface area contributed by atoms with Gasteiger partial charge >= 0.3 is 6.03 Å². The molecule has 5 rings (SSSR count). The molecule has 8 nitrogen and oxygen atoms in total. The molecule has 1 aliphatic heterocycles. The van der Waals surface area contributed by atoms with Crippen molar-refractivity contribution < 1.29 is 21.6 Å². The van der Waals surface area contributed by atoms with Gasteiger partial charge in [0.05, 0.1) is 10.8 Å². The van der Waals surface area contributed by atoms with Crippen LogP contribution in [0.1, 0.15) is 67.7 Å². The van der Waals surface area contributed by atoms with Crippen LogP contribution >= 0.6 is 0 Å². The number of urea groups is 1. The van der Waals surface area contributed by atoms with Gasteiger partial charge in [-0.2, -0.15) is 4.31 Å². The Morgan fingerprint density at radius 2 is 1.67 bits per heavy atom. The van der Waals surface area contributed by atoms with Gasteiger partial charge in [0.1, 0.15) is 0 Å². The minimum absolute atomic E-state index is 0.349. The Bertz CT molecular complexity index is 1200. The lowest BCUT2D eigenvalue weighted by atomic mass is 9.99. The van der Waals surface area contributed by atoms with E-state index in [1.54, 1.807) is 6.92 Å². The summed E-state index contributed by atoms with van der Waals surface area (Å²) < 4.78 is 54.4. The van der Waals surface area contributed by atoms with E-state index in [1.165, 1.54) is 21.5 Å². The van der Waals surface area contributed by atoms with Crippen LogP contribution in [-0.2, 0) is 45.7 Å². The molecule has 1 aromatic carbocycles. The number of hydrogen-bond acceptors (Lipinski definition) is 5. The van der Waals surface area contributed by atoms with Crippen molar-refractivity contribution in [3.8, 4) is 0 Å². The van der Waals surface area contributed by atoms with Crippen LogP contribution in [0.4, 0.5) is 10.5 Å². The summed E-state index contributed by atoms with van der Waals surface area (Å²) in [6, 6.07) is 1.46. The third kappa shape index (κ3) is 4.33. The molecular formula is C23H31N3O5S2.